The summed E-state index contributed by atoms with van der Waals surface area (Å²) in [6.07, 6.45) is 6.77. The van der Waals surface area contributed by atoms with Crippen LogP contribution in [0.3, 0.4) is 0 Å². The van der Waals surface area contributed by atoms with Gasteiger partial charge in [0.25, 0.3) is 0 Å². The van der Waals surface area contributed by atoms with Crippen molar-refractivity contribution in [1.82, 2.24) is 5.32 Å². The molecular weight excluding hydrogens is 262 g/mol. The second kappa shape index (κ2) is 6.22. The number of benzene rings is 1. The van der Waals surface area contributed by atoms with Gasteiger partial charge in [0.05, 0.1) is 5.60 Å². The number of carbonyl (C=O) groups excluding carboxylic acids is 1. The average Bonchev–Trinajstić information content (AvgIpc) is 2.82. The summed E-state index contributed by atoms with van der Waals surface area (Å²) in [4.78, 5) is 11.7. The van der Waals surface area contributed by atoms with Crippen LogP contribution < -0.4 is 5.32 Å². The molecule has 0 saturated heterocycles. The average molecular weight is 280 g/mol. The fourth-order valence-electron chi connectivity index (χ4n) is 2.30. The molecule has 0 unspecified atom stereocenters. The van der Waals surface area contributed by atoms with E-state index in [-0.39, 0.29) is 5.91 Å². The van der Waals surface area contributed by atoms with Crippen molar-refractivity contribution in [1.29, 1.82) is 0 Å². The topological polar surface area (TPSA) is 49.3 Å². The van der Waals surface area contributed by atoms with Crippen LogP contribution in [0.1, 0.15) is 31.2 Å². The van der Waals surface area contributed by atoms with Gasteiger partial charge in [0.2, 0.25) is 5.91 Å². The third-order valence-electron chi connectivity index (χ3n) is 3.40. The largest absolute Gasteiger partial charge is 0.388 e. The Morgan fingerprint density at radius 1 is 1.42 bits per heavy atom. The molecule has 1 aliphatic carbocycles. The van der Waals surface area contributed by atoms with Gasteiger partial charge in [-0.15, -0.1) is 0 Å². The maximum atomic E-state index is 11.7. The van der Waals surface area contributed by atoms with Crippen LogP contribution in [0.5, 0.6) is 0 Å². The van der Waals surface area contributed by atoms with Crippen LogP contribution in [-0.4, -0.2) is 23.2 Å². The Morgan fingerprint density at radius 2 is 2.16 bits per heavy atom. The number of carbonyl (C=O) groups is 1. The molecule has 0 heterocycles. The van der Waals surface area contributed by atoms with Gasteiger partial charge in [0.1, 0.15) is 0 Å². The number of nitrogens with one attached hydrogen (secondary N) is 1. The fraction of sp³-hybridized carbons (Fsp3) is 0.400. The molecule has 0 bridgehead atoms. The normalized spacial score (nSPS) is 17.8. The summed E-state index contributed by atoms with van der Waals surface area (Å²) in [5.41, 5.74) is 0.168. The van der Waals surface area contributed by atoms with E-state index in [4.69, 9.17) is 11.6 Å². The van der Waals surface area contributed by atoms with Gasteiger partial charge in [-0.05, 0) is 36.6 Å². The number of hydrogen-bond acceptors (Lipinski definition) is 2. The van der Waals surface area contributed by atoms with E-state index in [9.17, 15) is 9.90 Å². The van der Waals surface area contributed by atoms with E-state index in [0.29, 0.717) is 11.6 Å². The first-order valence-electron chi connectivity index (χ1n) is 6.51. The molecule has 2 rings (SSSR count). The third-order valence-corrected chi connectivity index (χ3v) is 3.64. The molecule has 0 spiro atoms. The van der Waals surface area contributed by atoms with Crippen molar-refractivity contribution in [2.75, 3.05) is 6.54 Å². The summed E-state index contributed by atoms with van der Waals surface area (Å²) in [6.45, 7) is 0.325. The standard InChI is InChI=1S/C15H18ClNO2/c16-13-5-3-4-12(10-13)6-7-14(18)17-11-15(19)8-1-2-9-15/h3-7,10,19H,1-2,8-9,11H2,(H,17,18). The van der Waals surface area contributed by atoms with Crippen LogP contribution in [0.15, 0.2) is 30.3 Å². The lowest BCUT2D eigenvalue weighted by Crippen LogP contribution is -2.40. The lowest BCUT2D eigenvalue weighted by Gasteiger charge is -2.21. The molecule has 1 aromatic carbocycles. The van der Waals surface area contributed by atoms with Crippen molar-refractivity contribution in [3.8, 4) is 0 Å². The van der Waals surface area contributed by atoms with E-state index in [0.717, 1.165) is 31.2 Å². The molecular formula is C15H18ClNO2. The van der Waals surface area contributed by atoms with E-state index in [2.05, 4.69) is 5.32 Å². The summed E-state index contributed by atoms with van der Waals surface area (Å²) in [7, 11) is 0. The van der Waals surface area contributed by atoms with Gasteiger partial charge in [-0.2, -0.15) is 0 Å². The van der Waals surface area contributed by atoms with E-state index >= 15 is 0 Å². The monoisotopic (exact) mass is 279 g/mol. The molecule has 3 nitrogen and oxygen atoms in total. The number of rotatable bonds is 4. The fourth-order valence-corrected chi connectivity index (χ4v) is 2.50. The molecule has 1 saturated carbocycles. The van der Waals surface area contributed by atoms with Gasteiger partial charge >= 0.3 is 0 Å². The minimum absolute atomic E-state index is 0.194. The van der Waals surface area contributed by atoms with E-state index < -0.39 is 5.60 Å². The molecule has 1 amide bonds. The first kappa shape index (κ1) is 14.1. The summed E-state index contributed by atoms with van der Waals surface area (Å²) >= 11 is 5.86. The molecule has 19 heavy (non-hydrogen) atoms. The SMILES string of the molecule is O=C(C=Cc1cccc(Cl)c1)NCC1(O)CCCC1. The molecule has 0 aromatic heterocycles. The Labute approximate surface area is 118 Å². The molecule has 1 aromatic rings. The predicted octanol–water partition coefficient (Wildman–Crippen LogP) is 2.77. The highest BCUT2D eigenvalue weighted by Gasteiger charge is 2.30. The van der Waals surface area contributed by atoms with Crippen molar-refractivity contribution in [3.05, 3.63) is 40.9 Å². The quantitative estimate of drug-likeness (QED) is 0.833. The van der Waals surface area contributed by atoms with Crippen molar-refractivity contribution in [3.63, 3.8) is 0 Å². The van der Waals surface area contributed by atoms with Gasteiger partial charge < -0.3 is 10.4 Å². The van der Waals surface area contributed by atoms with Gasteiger partial charge in [-0.3, -0.25) is 4.79 Å². The minimum Gasteiger partial charge on any atom is -0.388 e. The highest BCUT2D eigenvalue weighted by atomic mass is 35.5. The Hall–Kier alpha value is -1.32. The van der Waals surface area contributed by atoms with Crippen LogP contribution >= 0.6 is 11.6 Å². The van der Waals surface area contributed by atoms with E-state index in [1.165, 1.54) is 6.08 Å². The lowest BCUT2D eigenvalue weighted by atomic mass is 10.0. The number of amides is 1. The maximum absolute atomic E-state index is 11.7. The van der Waals surface area contributed by atoms with Crippen LogP contribution in [0.25, 0.3) is 6.08 Å². The Morgan fingerprint density at radius 3 is 2.84 bits per heavy atom. The summed E-state index contributed by atoms with van der Waals surface area (Å²) in [6, 6.07) is 7.28. The molecule has 2 N–H and O–H groups in total. The van der Waals surface area contributed by atoms with Gasteiger partial charge in [-0.25, -0.2) is 0 Å². The van der Waals surface area contributed by atoms with Gasteiger partial charge in [0.15, 0.2) is 0 Å². The van der Waals surface area contributed by atoms with Crippen LogP contribution in [0, 0.1) is 0 Å². The van der Waals surface area contributed by atoms with Crippen LogP contribution in [0.2, 0.25) is 5.02 Å². The third kappa shape index (κ3) is 4.37. The zero-order valence-corrected chi connectivity index (χ0v) is 11.5. The zero-order chi connectivity index (χ0) is 13.7. The van der Waals surface area contributed by atoms with Crippen LogP contribution in [0.4, 0.5) is 0 Å². The van der Waals surface area contributed by atoms with Crippen molar-refractivity contribution in [2.24, 2.45) is 0 Å². The first-order valence-corrected chi connectivity index (χ1v) is 6.89. The van der Waals surface area contributed by atoms with Gasteiger partial charge in [-0.1, -0.05) is 36.6 Å². The zero-order valence-electron chi connectivity index (χ0n) is 10.7. The molecule has 4 heteroatoms. The predicted molar refractivity (Wildman–Crippen MR) is 76.9 cm³/mol. The highest BCUT2D eigenvalue weighted by molar-refractivity contribution is 6.30. The van der Waals surface area contributed by atoms with E-state index in [1.54, 1.807) is 18.2 Å². The summed E-state index contributed by atoms with van der Waals surface area (Å²) < 4.78 is 0. The molecule has 0 radical (unpaired) electrons. The van der Waals surface area contributed by atoms with E-state index in [1.807, 2.05) is 12.1 Å². The number of halogens is 1. The summed E-state index contributed by atoms with van der Waals surface area (Å²) in [5, 5.41) is 13.5. The molecule has 0 atom stereocenters. The molecule has 0 aliphatic heterocycles. The Kier molecular flexibility index (Phi) is 4.61. The van der Waals surface area contributed by atoms with Crippen LogP contribution in [-0.2, 0) is 4.79 Å². The highest BCUT2D eigenvalue weighted by Crippen LogP contribution is 2.28. The maximum Gasteiger partial charge on any atom is 0.244 e. The molecule has 1 fully saturated rings. The van der Waals surface area contributed by atoms with Gasteiger partial charge in [0, 0.05) is 17.6 Å². The lowest BCUT2D eigenvalue weighted by molar-refractivity contribution is -0.117. The summed E-state index contributed by atoms with van der Waals surface area (Å²) in [5.74, 6) is -0.194. The second-order valence-corrected chi connectivity index (χ2v) is 5.47. The smallest absolute Gasteiger partial charge is 0.244 e. The first-order chi connectivity index (χ1) is 9.07. The number of aliphatic hydroxyl groups is 1. The van der Waals surface area contributed by atoms with Crippen molar-refractivity contribution >= 4 is 23.6 Å². The van der Waals surface area contributed by atoms with Crippen molar-refractivity contribution < 1.29 is 9.90 Å². The van der Waals surface area contributed by atoms with Crippen molar-refractivity contribution in [2.45, 2.75) is 31.3 Å². The minimum atomic E-state index is -0.709. The molecule has 1 aliphatic rings. The second-order valence-electron chi connectivity index (χ2n) is 5.04. The number of hydrogen-bond donors (Lipinski definition) is 2. The Balaban J connectivity index is 1.84. The Bertz CT molecular complexity index is 479. The molecule has 102 valence electrons.